The summed E-state index contributed by atoms with van der Waals surface area (Å²) in [7, 11) is 0. The largest absolute Gasteiger partial charge is 0.481 e. The number of amides is 1. The van der Waals surface area contributed by atoms with Crippen LogP contribution in [0.3, 0.4) is 0 Å². The van der Waals surface area contributed by atoms with Crippen LogP contribution in [-0.2, 0) is 4.79 Å². The van der Waals surface area contributed by atoms with Gasteiger partial charge < -0.3 is 10.0 Å². The summed E-state index contributed by atoms with van der Waals surface area (Å²) in [6, 6.07) is 14.7. The van der Waals surface area contributed by atoms with E-state index in [-0.39, 0.29) is 18.4 Å². The summed E-state index contributed by atoms with van der Waals surface area (Å²) in [5.41, 5.74) is 2.20. The second-order valence-electron chi connectivity index (χ2n) is 6.08. The second-order valence-corrected chi connectivity index (χ2v) is 6.49. The van der Waals surface area contributed by atoms with Crippen LogP contribution in [0.15, 0.2) is 48.5 Å². The lowest BCUT2D eigenvalue weighted by atomic mass is 9.89. The molecular formula is C19H18ClNO3. The fourth-order valence-electron chi connectivity index (χ4n) is 3.27. The number of carboxylic acids is 1. The van der Waals surface area contributed by atoms with Crippen LogP contribution in [0.4, 0.5) is 0 Å². The van der Waals surface area contributed by atoms with Gasteiger partial charge in [0.2, 0.25) is 0 Å². The highest BCUT2D eigenvalue weighted by atomic mass is 35.5. The zero-order chi connectivity index (χ0) is 17.3. The lowest BCUT2D eigenvalue weighted by molar-refractivity contribution is -0.141. The first-order valence-corrected chi connectivity index (χ1v) is 8.19. The number of carboxylic acid groups (broad SMARTS) is 1. The first kappa shape index (κ1) is 16.5. The minimum Gasteiger partial charge on any atom is -0.481 e. The molecule has 3 rings (SSSR count). The van der Waals surface area contributed by atoms with Crippen LogP contribution in [0.2, 0.25) is 5.02 Å². The van der Waals surface area contributed by atoms with Crippen LogP contribution >= 0.6 is 11.6 Å². The van der Waals surface area contributed by atoms with Crippen molar-refractivity contribution in [1.29, 1.82) is 0 Å². The van der Waals surface area contributed by atoms with Gasteiger partial charge in [-0.3, -0.25) is 9.59 Å². The summed E-state index contributed by atoms with van der Waals surface area (Å²) in [6.07, 6.45) is 0. The molecule has 1 N–H and O–H groups in total. The molecule has 1 aliphatic heterocycles. The Bertz CT molecular complexity index is 775. The average molecular weight is 344 g/mol. The zero-order valence-electron chi connectivity index (χ0n) is 13.3. The predicted octanol–water partition coefficient (Wildman–Crippen LogP) is 3.59. The molecule has 1 aliphatic rings. The molecule has 0 saturated carbocycles. The van der Waals surface area contributed by atoms with Gasteiger partial charge in [0.25, 0.3) is 5.91 Å². The van der Waals surface area contributed by atoms with E-state index in [1.807, 2.05) is 30.3 Å². The molecule has 1 heterocycles. The van der Waals surface area contributed by atoms with Crippen LogP contribution in [0, 0.1) is 12.8 Å². The summed E-state index contributed by atoms with van der Waals surface area (Å²) < 4.78 is 0. The Morgan fingerprint density at radius 2 is 1.79 bits per heavy atom. The van der Waals surface area contributed by atoms with Gasteiger partial charge in [-0.2, -0.15) is 0 Å². The summed E-state index contributed by atoms with van der Waals surface area (Å²) >= 11 is 6.10. The number of rotatable bonds is 3. The van der Waals surface area contributed by atoms with Gasteiger partial charge in [-0.15, -0.1) is 0 Å². The van der Waals surface area contributed by atoms with Gasteiger partial charge in [0.05, 0.1) is 5.92 Å². The monoisotopic (exact) mass is 343 g/mol. The minimum atomic E-state index is -0.873. The molecule has 2 aromatic carbocycles. The maximum Gasteiger partial charge on any atom is 0.308 e. The van der Waals surface area contributed by atoms with Gasteiger partial charge in [0, 0.05) is 29.6 Å². The Morgan fingerprint density at radius 1 is 1.08 bits per heavy atom. The van der Waals surface area contributed by atoms with Crippen molar-refractivity contribution in [3.05, 3.63) is 70.2 Å². The first-order chi connectivity index (χ1) is 11.5. The van der Waals surface area contributed by atoms with Crippen molar-refractivity contribution in [2.24, 2.45) is 5.92 Å². The molecule has 2 aromatic rings. The van der Waals surface area contributed by atoms with E-state index >= 15 is 0 Å². The van der Waals surface area contributed by atoms with Crippen molar-refractivity contribution in [2.45, 2.75) is 12.8 Å². The maximum absolute atomic E-state index is 12.8. The summed E-state index contributed by atoms with van der Waals surface area (Å²) in [5, 5.41) is 10.1. The highest BCUT2D eigenvalue weighted by molar-refractivity contribution is 6.31. The molecule has 4 nitrogen and oxygen atoms in total. The Kier molecular flexibility index (Phi) is 4.58. The van der Waals surface area contributed by atoms with E-state index in [4.69, 9.17) is 11.6 Å². The average Bonchev–Trinajstić information content (AvgIpc) is 3.03. The standard InChI is InChI=1S/C19H18ClNO3/c1-12-14(8-5-9-17(12)20)18(22)21-10-15(16(11-21)19(23)24)13-6-3-2-4-7-13/h2-9,15-16H,10-11H2,1H3,(H,23,24)/t15-,16-/m0/s1. The lowest BCUT2D eigenvalue weighted by Crippen LogP contribution is -2.30. The highest BCUT2D eigenvalue weighted by Crippen LogP contribution is 2.34. The summed E-state index contributed by atoms with van der Waals surface area (Å²) in [6.45, 7) is 2.40. The van der Waals surface area contributed by atoms with Crippen molar-refractivity contribution in [3.63, 3.8) is 0 Å². The number of nitrogens with zero attached hydrogens (tertiary/aromatic N) is 1. The molecule has 1 amide bonds. The maximum atomic E-state index is 12.8. The van der Waals surface area contributed by atoms with Crippen molar-refractivity contribution in [2.75, 3.05) is 13.1 Å². The highest BCUT2D eigenvalue weighted by Gasteiger charge is 2.40. The van der Waals surface area contributed by atoms with Crippen molar-refractivity contribution in [1.82, 2.24) is 4.90 Å². The third-order valence-electron chi connectivity index (χ3n) is 4.65. The van der Waals surface area contributed by atoms with Crippen LogP contribution in [0.5, 0.6) is 0 Å². The van der Waals surface area contributed by atoms with E-state index < -0.39 is 11.9 Å². The third-order valence-corrected chi connectivity index (χ3v) is 5.06. The van der Waals surface area contributed by atoms with Gasteiger partial charge in [-0.1, -0.05) is 48.0 Å². The van der Waals surface area contributed by atoms with Crippen molar-refractivity contribution in [3.8, 4) is 0 Å². The van der Waals surface area contributed by atoms with E-state index in [1.54, 1.807) is 30.0 Å². The Hall–Kier alpha value is -2.33. The number of carbonyl (C=O) groups excluding carboxylic acids is 1. The second kappa shape index (κ2) is 6.65. The summed E-state index contributed by atoms with van der Waals surface area (Å²) in [4.78, 5) is 26.1. The van der Waals surface area contributed by atoms with Gasteiger partial charge in [0.15, 0.2) is 0 Å². The molecule has 1 saturated heterocycles. The molecule has 0 aliphatic carbocycles. The predicted molar refractivity (Wildman–Crippen MR) is 92.4 cm³/mol. The Labute approximate surface area is 145 Å². The molecule has 0 bridgehead atoms. The van der Waals surface area contributed by atoms with Gasteiger partial charge >= 0.3 is 5.97 Å². The molecule has 1 fully saturated rings. The normalized spacial score (nSPS) is 20.2. The quantitative estimate of drug-likeness (QED) is 0.926. The number of benzene rings is 2. The molecule has 124 valence electrons. The number of hydrogen-bond acceptors (Lipinski definition) is 2. The molecule has 5 heteroatoms. The zero-order valence-corrected chi connectivity index (χ0v) is 14.0. The molecule has 24 heavy (non-hydrogen) atoms. The van der Waals surface area contributed by atoms with E-state index in [2.05, 4.69) is 0 Å². The Balaban J connectivity index is 1.89. The van der Waals surface area contributed by atoms with Crippen molar-refractivity contribution >= 4 is 23.5 Å². The SMILES string of the molecule is Cc1c(Cl)cccc1C(=O)N1C[C@H](C(=O)O)[C@H](c2ccccc2)C1. The number of carbonyl (C=O) groups is 2. The summed E-state index contributed by atoms with van der Waals surface area (Å²) in [5.74, 6) is -1.84. The number of aliphatic carboxylic acids is 1. The Morgan fingerprint density at radius 3 is 2.46 bits per heavy atom. The van der Waals surface area contributed by atoms with E-state index in [0.29, 0.717) is 17.1 Å². The van der Waals surface area contributed by atoms with Crippen LogP contribution in [0.1, 0.15) is 27.4 Å². The smallest absolute Gasteiger partial charge is 0.308 e. The van der Waals surface area contributed by atoms with Gasteiger partial charge in [-0.25, -0.2) is 0 Å². The topological polar surface area (TPSA) is 57.6 Å². The third kappa shape index (κ3) is 3.02. The van der Waals surface area contributed by atoms with Crippen LogP contribution < -0.4 is 0 Å². The van der Waals surface area contributed by atoms with E-state index in [0.717, 1.165) is 11.1 Å². The minimum absolute atomic E-state index is 0.167. The number of likely N-dealkylation sites (tertiary alicyclic amines) is 1. The number of hydrogen-bond donors (Lipinski definition) is 1. The molecule has 0 radical (unpaired) electrons. The molecule has 2 atom stereocenters. The fraction of sp³-hybridized carbons (Fsp3) is 0.263. The van der Waals surface area contributed by atoms with Crippen molar-refractivity contribution < 1.29 is 14.7 Å². The van der Waals surface area contributed by atoms with E-state index in [9.17, 15) is 14.7 Å². The lowest BCUT2D eigenvalue weighted by Gasteiger charge is -2.18. The fourth-order valence-corrected chi connectivity index (χ4v) is 3.44. The van der Waals surface area contributed by atoms with Gasteiger partial charge in [-0.05, 0) is 30.2 Å². The van der Waals surface area contributed by atoms with E-state index in [1.165, 1.54) is 0 Å². The molecule has 0 aromatic heterocycles. The molecule has 0 spiro atoms. The molecular weight excluding hydrogens is 326 g/mol. The first-order valence-electron chi connectivity index (χ1n) is 7.81. The molecule has 0 unspecified atom stereocenters. The van der Waals surface area contributed by atoms with Gasteiger partial charge in [0.1, 0.15) is 0 Å². The van der Waals surface area contributed by atoms with Crippen LogP contribution in [-0.4, -0.2) is 35.0 Å². The number of halogens is 1. The van der Waals surface area contributed by atoms with Crippen LogP contribution in [0.25, 0.3) is 0 Å².